The fourth-order valence-electron chi connectivity index (χ4n) is 4.99. The van der Waals surface area contributed by atoms with Gasteiger partial charge in [0, 0.05) is 20.1 Å². The van der Waals surface area contributed by atoms with Crippen molar-refractivity contribution in [2.75, 3.05) is 0 Å². The molecule has 7 rings (SSSR count). The van der Waals surface area contributed by atoms with Gasteiger partial charge in [0.1, 0.15) is 11.6 Å². The van der Waals surface area contributed by atoms with Gasteiger partial charge < -0.3 is 0 Å². The quantitative estimate of drug-likeness (QED) is 0.197. The van der Waals surface area contributed by atoms with E-state index in [2.05, 4.69) is 114 Å². The minimum atomic E-state index is 0.882. The number of hydrogen-bond acceptors (Lipinski definition) is 2. The standard InChI is InChI=1S/C32H20Br2N4/c33-23-19-29(37-27-17-9-7-15-25(27)35-31(37)21-11-3-1-4-12-21)30(20-24(23)34)38-28-18-10-8-16-26(28)36-32(38)22-13-5-2-6-14-22/h1-20H. The summed E-state index contributed by atoms with van der Waals surface area (Å²) in [6.45, 7) is 0. The zero-order chi connectivity index (χ0) is 25.6. The number of halogens is 2. The van der Waals surface area contributed by atoms with Crippen LogP contribution in [0.3, 0.4) is 0 Å². The largest absolute Gasteiger partial charge is 0.290 e. The molecule has 4 nitrogen and oxygen atoms in total. The Bertz CT molecular complexity index is 1800. The fourth-order valence-corrected chi connectivity index (χ4v) is 5.65. The van der Waals surface area contributed by atoms with Crippen LogP contribution in [0.15, 0.2) is 130 Å². The molecule has 0 fully saturated rings. The summed E-state index contributed by atoms with van der Waals surface area (Å²) in [6.07, 6.45) is 0. The maximum absolute atomic E-state index is 5.09. The van der Waals surface area contributed by atoms with Crippen LogP contribution in [0.4, 0.5) is 0 Å². The molecule has 0 aliphatic rings. The molecular formula is C32H20Br2N4. The van der Waals surface area contributed by atoms with Crippen LogP contribution >= 0.6 is 31.9 Å². The third-order valence-electron chi connectivity index (χ3n) is 6.68. The Morgan fingerprint density at radius 3 is 1.24 bits per heavy atom. The van der Waals surface area contributed by atoms with Crippen molar-refractivity contribution in [1.82, 2.24) is 19.1 Å². The van der Waals surface area contributed by atoms with Gasteiger partial charge in [-0.15, -0.1) is 0 Å². The second-order valence-corrected chi connectivity index (χ2v) is 10.7. The average molecular weight is 620 g/mol. The first-order chi connectivity index (χ1) is 18.7. The van der Waals surface area contributed by atoms with Crippen molar-refractivity contribution in [3.8, 4) is 34.2 Å². The number of para-hydroxylation sites is 4. The molecular weight excluding hydrogens is 600 g/mol. The molecule has 0 unspecified atom stereocenters. The van der Waals surface area contributed by atoms with E-state index in [9.17, 15) is 0 Å². The van der Waals surface area contributed by atoms with Crippen LogP contribution < -0.4 is 0 Å². The summed E-state index contributed by atoms with van der Waals surface area (Å²) in [5.74, 6) is 1.76. The highest BCUT2D eigenvalue weighted by Crippen LogP contribution is 2.39. The molecule has 5 aromatic carbocycles. The van der Waals surface area contributed by atoms with Crippen LogP contribution in [-0.4, -0.2) is 19.1 Å². The molecule has 0 aliphatic heterocycles. The number of rotatable bonds is 4. The molecule has 182 valence electrons. The molecule has 0 radical (unpaired) electrons. The van der Waals surface area contributed by atoms with Gasteiger partial charge in [-0.05, 0) is 68.3 Å². The van der Waals surface area contributed by atoms with Crippen LogP contribution in [-0.2, 0) is 0 Å². The van der Waals surface area contributed by atoms with Crippen LogP contribution in [0.25, 0.3) is 56.2 Å². The summed E-state index contributed by atoms with van der Waals surface area (Å²) in [7, 11) is 0. The maximum atomic E-state index is 5.09. The lowest BCUT2D eigenvalue weighted by atomic mass is 10.1. The van der Waals surface area contributed by atoms with Crippen molar-refractivity contribution in [2.24, 2.45) is 0 Å². The van der Waals surface area contributed by atoms with E-state index in [1.165, 1.54) is 0 Å². The highest BCUT2D eigenvalue weighted by molar-refractivity contribution is 9.13. The van der Waals surface area contributed by atoms with Gasteiger partial charge in [0.05, 0.1) is 33.4 Å². The van der Waals surface area contributed by atoms with E-state index in [4.69, 9.17) is 9.97 Å². The fraction of sp³-hybridized carbons (Fsp3) is 0. The number of nitrogens with zero attached hydrogens (tertiary/aromatic N) is 4. The monoisotopic (exact) mass is 618 g/mol. The first-order valence-corrected chi connectivity index (χ1v) is 13.8. The van der Waals surface area contributed by atoms with Crippen molar-refractivity contribution >= 4 is 53.9 Å². The van der Waals surface area contributed by atoms with E-state index in [0.717, 1.165) is 65.2 Å². The molecule has 0 amide bonds. The predicted molar refractivity (Wildman–Crippen MR) is 162 cm³/mol. The van der Waals surface area contributed by atoms with Crippen LogP contribution in [0.5, 0.6) is 0 Å². The van der Waals surface area contributed by atoms with E-state index in [1.807, 2.05) is 48.5 Å². The zero-order valence-electron chi connectivity index (χ0n) is 20.1. The van der Waals surface area contributed by atoms with Gasteiger partial charge in [0.25, 0.3) is 0 Å². The lowest BCUT2D eigenvalue weighted by Crippen LogP contribution is -2.07. The van der Waals surface area contributed by atoms with E-state index < -0.39 is 0 Å². The summed E-state index contributed by atoms with van der Waals surface area (Å²) < 4.78 is 6.42. The van der Waals surface area contributed by atoms with Crippen LogP contribution in [0.1, 0.15) is 0 Å². The first-order valence-electron chi connectivity index (χ1n) is 12.2. The van der Waals surface area contributed by atoms with E-state index in [1.54, 1.807) is 0 Å². The molecule has 6 heteroatoms. The summed E-state index contributed by atoms with van der Waals surface area (Å²) in [4.78, 5) is 10.2. The van der Waals surface area contributed by atoms with Crippen molar-refractivity contribution in [1.29, 1.82) is 0 Å². The highest BCUT2D eigenvalue weighted by atomic mass is 79.9. The van der Waals surface area contributed by atoms with Gasteiger partial charge in [-0.25, -0.2) is 9.97 Å². The minimum absolute atomic E-state index is 0.882. The lowest BCUT2D eigenvalue weighted by Gasteiger charge is -2.19. The smallest absolute Gasteiger partial charge is 0.145 e. The van der Waals surface area contributed by atoms with Gasteiger partial charge in [0.15, 0.2) is 0 Å². The molecule has 0 aliphatic carbocycles. The predicted octanol–water partition coefficient (Wildman–Crippen LogP) is 9.22. The van der Waals surface area contributed by atoms with E-state index in [0.29, 0.717) is 0 Å². The summed E-state index contributed by atoms with van der Waals surface area (Å²) in [5.41, 5.74) is 8.03. The van der Waals surface area contributed by atoms with Crippen molar-refractivity contribution in [2.45, 2.75) is 0 Å². The van der Waals surface area contributed by atoms with Crippen molar-refractivity contribution in [3.05, 3.63) is 130 Å². The van der Waals surface area contributed by atoms with Crippen LogP contribution in [0.2, 0.25) is 0 Å². The Morgan fingerprint density at radius 1 is 0.447 bits per heavy atom. The second-order valence-electron chi connectivity index (χ2n) is 9.01. The number of imidazole rings is 2. The molecule has 0 saturated heterocycles. The van der Waals surface area contributed by atoms with Gasteiger partial charge in [0.2, 0.25) is 0 Å². The van der Waals surface area contributed by atoms with Crippen LogP contribution in [0, 0.1) is 0 Å². The molecule has 7 aromatic rings. The highest BCUT2D eigenvalue weighted by Gasteiger charge is 2.22. The van der Waals surface area contributed by atoms with Gasteiger partial charge in [-0.1, -0.05) is 84.9 Å². The normalized spacial score (nSPS) is 11.4. The Hall–Kier alpha value is -4.00. The number of benzene rings is 5. The summed E-state index contributed by atoms with van der Waals surface area (Å²) in [6, 6.07) is 41.5. The number of hydrogen-bond donors (Lipinski definition) is 0. The average Bonchev–Trinajstić information content (AvgIpc) is 3.54. The van der Waals surface area contributed by atoms with E-state index >= 15 is 0 Å². The van der Waals surface area contributed by atoms with Crippen molar-refractivity contribution < 1.29 is 0 Å². The third-order valence-corrected chi connectivity index (χ3v) is 8.53. The molecule has 0 N–H and O–H groups in total. The summed E-state index contributed by atoms with van der Waals surface area (Å²) >= 11 is 7.56. The third kappa shape index (κ3) is 3.80. The molecule has 2 heterocycles. The molecule has 0 saturated carbocycles. The molecule has 2 aromatic heterocycles. The number of fused-ring (bicyclic) bond motifs is 2. The summed E-state index contributed by atoms with van der Waals surface area (Å²) in [5, 5.41) is 0. The van der Waals surface area contributed by atoms with Gasteiger partial charge >= 0.3 is 0 Å². The zero-order valence-corrected chi connectivity index (χ0v) is 23.3. The molecule has 38 heavy (non-hydrogen) atoms. The van der Waals surface area contributed by atoms with Crippen molar-refractivity contribution in [3.63, 3.8) is 0 Å². The Balaban J connectivity index is 1.62. The maximum Gasteiger partial charge on any atom is 0.145 e. The van der Waals surface area contributed by atoms with Gasteiger partial charge in [-0.3, -0.25) is 9.13 Å². The minimum Gasteiger partial charge on any atom is -0.290 e. The lowest BCUT2D eigenvalue weighted by molar-refractivity contribution is 1.03. The Morgan fingerprint density at radius 2 is 0.816 bits per heavy atom. The molecule has 0 atom stereocenters. The first kappa shape index (κ1) is 23.1. The Labute approximate surface area is 236 Å². The van der Waals surface area contributed by atoms with E-state index in [-0.39, 0.29) is 0 Å². The SMILES string of the molecule is Brc1cc(-n2c(-c3ccccc3)nc3ccccc32)c(-n2c(-c3ccccc3)nc3ccccc32)cc1Br. The topological polar surface area (TPSA) is 35.6 Å². The number of aromatic nitrogens is 4. The molecule has 0 bridgehead atoms. The Kier molecular flexibility index (Phi) is 5.72. The molecule has 0 spiro atoms. The van der Waals surface area contributed by atoms with Gasteiger partial charge in [-0.2, -0.15) is 0 Å². The second kappa shape index (κ2) is 9.39.